The molecule has 0 saturated carbocycles. The molecule has 1 atom stereocenters. The van der Waals surface area contributed by atoms with Crippen LogP contribution in [0.1, 0.15) is 70.9 Å². The van der Waals surface area contributed by atoms with E-state index in [1.165, 1.54) is 32.1 Å². The van der Waals surface area contributed by atoms with Gasteiger partial charge in [0.1, 0.15) is 0 Å². The van der Waals surface area contributed by atoms with E-state index in [0.29, 0.717) is 10.8 Å². The lowest BCUT2D eigenvalue weighted by atomic mass is 9.77. The molecule has 1 aromatic carbocycles. The summed E-state index contributed by atoms with van der Waals surface area (Å²) in [5.41, 5.74) is 3.97. The van der Waals surface area contributed by atoms with Crippen molar-refractivity contribution in [2.24, 2.45) is 0 Å². The van der Waals surface area contributed by atoms with Crippen molar-refractivity contribution in [1.29, 1.82) is 0 Å². The highest BCUT2D eigenvalue weighted by Crippen LogP contribution is 2.51. The maximum absolute atomic E-state index is 2.47. The first kappa shape index (κ1) is 12.7. The quantitative estimate of drug-likeness (QED) is 0.623. The van der Waals surface area contributed by atoms with Gasteiger partial charge in [0.05, 0.1) is 0 Å². The van der Waals surface area contributed by atoms with Crippen LogP contribution in [0.3, 0.4) is 0 Å². The molecule has 0 amide bonds. The predicted octanol–water partition coefficient (Wildman–Crippen LogP) is 5.21. The Morgan fingerprint density at radius 2 is 1.65 bits per heavy atom. The molecule has 0 N–H and O–H groups in total. The third-order valence-electron chi connectivity index (χ3n) is 4.47. The highest BCUT2D eigenvalue weighted by atomic mass is 14.5. The molecule has 0 spiro atoms. The van der Waals surface area contributed by atoms with Gasteiger partial charge in [-0.25, -0.2) is 0 Å². The van der Waals surface area contributed by atoms with E-state index in [0.717, 1.165) is 0 Å². The van der Waals surface area contributed by atoms with Gasteiger partial charge < -0.3 is 0 Å². The molecular weight excluding hydrogens is 204 g/mol. The van der Waals surface area contributed by atoms with E-state index in [-0.39, 0.29) is 0 Å². The average Bonchev–Trinajstić information content (AvgIpc) is 2.48. The highest BCUT2D eigenvalue weighted by Gasteiger charge is 2.43. The van der Waals surface area contributed by atoms with Gasteiger partial charge in [0, 0.05) is 0 Å². The van der Waals surface area contributed by atoms with Crippen LogP contribution in [0.15, 0.2) is 24.3 Å². The van der Waals surface area contributed by atoms with Crippen LogP contribution < -0.4 is 0 Å². The largest absolute Gasteiger partial charge is 0.0654 e. The standard InChI is InChI=1S/C17H26/c1-5-6-9-12-17(4)13-16(2,3)14-10-7-8-11-15(14)17/h7-8,10-11H,5-6,9,12-13H2,1-4H3. The van der Waals surface area contributed by atoms with E-state index in [1.807, 2.05) is 0 Å². The van der Waals surface area contributed by atoms with Crippen LogP contribution >= 0.6 is 0 Å². The number of hydrogen-bond acceptors (Lipinski definition) is 0. The molecule has 1 unspecified atom stereocenters. The van der Waals surface area contributed by atoms with Crippen LogP contribution in [-0.2, 0) is 10.8 Å². The van der Waals surface area contributed by atoms with Gasteiger partial charge in [-0.15, -0.1) is 0 Å². The number of fused-ring (bicyclic) bond motifs is 1. The summed E-state index contributed by atoms with van der Waals surface area (Å²) in [4.78, 5) is 0. The van der Waals surface area contributed by atoms with E-state index < -0.39 is 0 Å². The first-order chi connectivity index (χ1) is 7.99. The zero-order valence-electron chi connectivity index (χ0n) is 11.8. The van der Waals surface area contributed by atoms with Crippen LogP contribution in [-0.4, -0.2) is 0 Å². The summed E-state index contributed by atoms with van der Waals surface area (Å²) < 4.78 is 0. The number of rotatable bonds is 4. The van der Waals surface area contributed by atoms with Crippen LogP contribution in [0.2, 0.25) is 0 Å². The SMILES string of the molecule is CCCCCC1(C)CC(C)(C)c2ccccc21. The fourth-order valence-electron chi connectivity index (χ4n) is 3.75. The average molecular weight is 230 g/mol. The first-order valence-corrected chi connectivity index (χ1v) is 7.10. The molecule has 0 saturated heterocycles. The summed E-state index contributed by atoms with van der Waals surface area (Å²) in [6.45, 7) is 9.55. The third-order valence-corrected chi connectivity index (χ3v) is 4.47. The number of unbranched alkanes of at least 4 members (excludes halogenated alkanes) is 2. The van der Waals surface area contributed by atoms with Crippen molar-refractivity contribution >= 4 is 0 Å². The summed E-state index contributed by atoms with van der Waals surface area (Å²) in [7, 11) is 0. The fraction of sp³-hybridized carbons (Fsp3) is 0.647. The van der Waals surface area contributed by atoms with E-state index in [4.69, 9.17) is 0 Å². The zero-order chi connectivity index (χ0) is 12.5. The van der Waals surface area contributed by atoms with Gasteiger partial charge in [-0.05, 0) is 34.8 Å². The molecule has 0 nitrogen and oxygen atoms in total. The second kappa shape index (κ2) is 4.48. The van der Waals surface area contributed by atoms with Gasteiger partial charge in [0.15, 0.2) is 0 Å². The van der Waals surface area contributed by atoms with Gasteiger partial charge in [0.25, 0.3) is 0 Å². The Hall–Kier alpha value is -0.780. The molecule has 1 aliphatic rings. The lowest BCUT2D eigenvalue weighted by molar-refractivity contribution is 0.344. The van der Waals surface area contributed by atoms with Gasteiger partial charge in [-0.1, -0.05) is 71.2 Å². The molecule has 0 heterocycles. The normalized spacial score (nSPS) is 25.9. The molecule has 1 aliphatic carbocycles. The van der Waals surface area contributed by atoms with E-state index >= 15 is 0 Å². The highest BCUT2D eigenvalue weighted by molar-refractivity contribution is 5.44. The molecule has 0 aliphatic heterocycles. The number of hydrogen-bond donors (Lipinski definition) is 0. The fourth-order valence-corrected chi connectivity index (χ4v) is 3.75. The molecule has 0 radical (unpaired) electrons. The van der Waals surface area contributed by atoms with Crippen molar-refractivity contribution in [3.8, 4) is 0 Å². The molecule has 0 fully saturated rings. The van der Waals surface area contributed by atoms with Crippen LogP contribution in [0.5, 0.6) is 0 Å². The van der Waals surface area contributed by atoms with Gasteiger partial charge in [-0.3, -0.25) is 0 Å². The molecule has 17 heavy (non-hydrogen) atoms. The Labute approximate surface area is 106 Å². The van der Waals surface area contributed by atoms with Crippen LogP contribution in [0.25, 0.3) is 0 Å². The van der Waals surface area contributed by atoms with Crippen molar-refractivity contribution in [2.75, 3.05) is 0 Å². The lowest BCUT2D eigenvalue weighted by Gasteiger charge is -2.27. The smallest absolute Gasteiger partial charge is 0.00641 e. The molecule has 94 valence electrons. The molecule has 1 aromatic rings. The molecular formula is C17H26. The Balaban J connectivity index is 2.27. The summed E-state index contributed by atoms with van der Waals surface area (Å²) in [5, 5.41) is 0. The Kier molecular flexibility index (Phi) is 3.34. The van der Waals surface area contributed by atoms with E-state index in [9.17, 15) is 0 Å². The van der Waals surface area contributed by atoms with Gasteiger partial charge in [-0.2, -0.15) is 0 Å². The second-order valence-corrected chi connectivity index (χ2v) is 6.62. The van der Waals surface area contributed by atoms with Crippen molar-refractivity contribution in [3.63, 3.8) is 0 Å². The minimum atomic E-state index is 0.359. The molecule has 2 rings (SSSR count). The predicted molar refractivity (Wildman–Crippen MR) is 75.6 cm³/mol. The van der Waals surface area contributed by atoms with Crippen molar-refractivity contribution in [3.05, 3.63) is 35.4 Å². The van der Waals surface area contributed by atoms with Crippen molar-refractivity contribution < 1.29 is 0 Å². The van der Waals surface area contributed by atoms with E-state index in [2.05, 4.69) is 52.0 Å². The maximum atomic E-state index is 2.47. The summed E-state index contributed by atoms with van der Waals surface area (Å²) >= 11 is 0. The van der Waals surface area contributed by atoms with Crippen LogP contribution in [0, 0.1) is 0 Å². The van der Waals surface area contributed by atoms with Gasteiger partial charge in [0.2, 0.25) is 0 Å². The maximum Gasteiger partial charge on any atom is -0.00641 e. The van der Waals surface area contributed by atoms with Gasteiger partial charge >= 0.3 is 0 Å². The lowest BCUT2D eigenvalue weighted by Crippen LogP contribution is -2.21. The molecule has 0 bridgehead atoms. The Bertz CT molecular complexity index is 389. The summed E-state index contributed by atoms with van der Waals surface area (Å²) in [6, 6.07) is 9.09. The minimum absolute atomic E-state index is 0.359. The van der Waals surface area contributed by atoms with Crippen LogP contribution in [0.4, 0.5) is 0 Å². The monoisotopic (exact) mass is 230 g/mol. The summed E-state index contributed by atoms with van der Waals surface area (Å²) in [5.74, 6) is 0. The second-order valence-electron chi connectivity index (χ2n) is 6.62. The summed E-state index contributed by atoms with van der Waals surface area (Å²) in [6.07, 6.45) is 6.72. The topological polar surface area (TPSA) is 0 Å². The Morgan fingerprint density at radius 1 is 1.00 bits per heavy atom. The number of benzene rings is 1. The Morgan fingerprint density at radius 3 is 2.29 bits per heavy atom. The first-order valence-electron chi connectivity index (χ1n) is 7.10. The molecule has 0 aromatic heterocycles. The van der Waals surface area contributed by atoms with E-state index in [1.54, 1.807) is 11.1 Å². The minimum Gasteiger partial charge on any atom is -0.0654 e. The third kappa shape index (κ3) is 2.27. The van der Waals surface area contributed by atoms with Crippen molar-refractivity contribution in [2.45, 2.75) is 70.6 Å². The van der Waals surface area contributed by atoms with Crippen molar-refractivity contribution in [1.82, 2.24) is 0 Å². The molecule has 0 heteroatoms. The zero-order valence-corrected chi connectivity index (χ0v) is 11.8.